The first kappa shape index (κ1) is 70.1. The van der Waals surface area contributed by atoms with Gasteiger partial charge in [-0.1, -0.05) is 24.3 Å². The summed E-state index contributed by atoms with van der Waals surface area (Å²) in [7, 11) is -12.2. The van der Waals surface area contributed by atoms with Crippen molar-refractivity contribution in [3.05, 3.63) is 145 Å². The molecule has 518 valence electrons. The lowest BCUT2D eigenvalue weighted by Crippen LogP contribution is -2.55. The number of hydrogen-bond donors (Lipinski definition) is 0. The van der Waals surface area contributed by atoms with Gasteiger partial charge < -0.3 is 32.6 Å². The van der Waals surface area contributed by atoms with E-state index in [2.05, 4.69) is 42.7 Å². The number of hydrogen-bond acceptors (Lipinski definition) is 19. The number of fused-ring (bicyclic) bond motifs is 4. The predicted molar refractivity (Wildman–Crippen MR) is 353 cm³/mol. The Hall–Kier alpha value is -8.22. The molecule has 21 nitrogen and oxygen atoms in total. The van der Waals surface area contributed by atoms with Crippen molar-refractivity contribution in [3.8, 4) is 40.0 Å². The summed E-state index contributed by atoms with van der Waals surface area (Å²) in [4.78, 5) is 45.5. The molecule has 12 rings (SSSR count). The van der Waals surface area contributed by atoms with E-state index < -0.39 is 91.0 Å². The van der Waals surface area contributed by atoms with Crippen LogP contribution in [0.5, 0.6) is 17.2 Å². The molecule has 4 aromatic carbocycles. The fraction of sp³-hybridized carbons (Fsp3) is 0.355. The number of nitrogens with zero attached hydrogens (tertiary/aromatic N) is 10. The molecule has 0 spiro atoms. The van der Waals surface area contributed by atoms with Gasteiger partial charge >= 0.3 is 46.7 Å². The number of piperazine rings is 2. The summed E-state index contributed by atoms with van der Waals surface area (Å²) >= 11 is 1.92. The number of benzene rings is 4. The second kappa shape index (κ2) is 25.6. The van der Waals surface area contributed by atoms with Gasteiger partial charge in [-0.25, -0.2) is 17.9 Å². The summed E-state index contributed by atoms with van der Waals surface area (Å²) in [6, 6.07) is 25.0. The van der Waals surface area contributed by atoms with E-state index in [1.165, 1.54) is 84.0 Å². The lowest BCUT2D eigenvalue weighted by atomic mass is 10.1. The molecule has 0 unspecified atom stereocenters. The zero-order valence-electron chi connectivity index (χ0n) is 52.9. The number of aromatic nitrogens is 6. The Morgan fingerprint density at radius 1 is 0.505 bits per heavy atom. The maximum absolute atomic E-state index is 14.5. The first-order valence-corrected chi connectivity index (χ1v) is 35.6. The highest BCUT2D eigenvalue weighted by Gasteiger charge is 2.53. The first-order valence-electron chi connectivity index (χ1n) is 29.5. The number of thiophene rings is 2. The van der Waals surface area contributed by atoms with Crippen LogP contribution in [0.25, 0.3) is 65.3 Å². The summed E-state index contributed by atoms with van der Waals surface area (Å²) in [5.74, 6) is -2.15. The van der Waals surface area contributed by atoms with Crippen molar-refractivity contribution in [1.82, 2.24) is 36.8 Å². The number of likely N-dealkylation sites (N-methyl/N-ethyl adjacent to an activating group) is 2. The van der Waals surface area contributed by atoms with E-state index in [4.69, 9.17) is 9.47 Å². The fourth-order valence-corrected chi connectivity index (χ4v) is 16.3. The van der Waals surface area contributed by atoms with Crippen LogP contribution < -0.4 is 34.6 Å². The summed E-state index contributed by atoms with van der Waals surface area (Å²) < 4.78 is 223. The number of imidazole rings is 2. The van der Waals surface area contributed by atoms with Crippen molar-refractivity contribution in [2.24, 2.45) is 0 Å². The summed E-state index contributed by atoms with van der Waals surface area (Å²) in [5.41, 5.74) is -19.5. The van der Waals surface area contributed by atoms with Gasteiger partial charge in [-0.2, -0.15) is 64.8 Å². The largest absolute Gasteiger partial charge is 0.534 e. The van der Waals surface area contributed by atoms with Gasteiger partial charge in [-0.15, -0.1) is 22.7 Å². The van der Waals surface area contributed by atoms with Crippen LogP contribution in [0.3, 0.4) is 0 Å². The summed E-state index contributed by atoms with van der Waals surface area (Å²) in [5, 5.41) is 3.07. The van der Waals surface area contributed by atoms with Crippen LogP contribution in [-0.2, 0) is 43.3 Å². The number of methoxy groups -OCH3 is 2. The van der Waals surface area contributed by atoms with Crippen LogP contribution in [0.15, 0.2) is 117 Å². The minimum atomic E-state index is -6.56. The van der Waals surface area contributed by atoms with E-state index in [1.807, 2.05) is 32.8 Å². The molecule has 2 fully saturated rings. The van der Waals surface area contributed by atoms with Crippen molar-refractivity contribution in [2.45, 2.75) is 88.4 Å². The molecular weight excluding hydrogens is 1390 g/mol. The minimum Gasteiger partial charge on any atom is -0.497 e. The van der Waals surface area contributed by atoms with Gasteiger partial charge in [0.15, 0.2) is 17.4 Å². The second-order valence-corrected chi connectivity index (χ2v) is 30.5. The van der Waals surface area contributed by atoms with Gasteiger partial charge in [0, 0.05) is 61.7 Å². The number of ether oxygens (including phenoxy) is 2. The van der Waals surface area contributed by atoms with Crippen LogP contribution in [0.2, 0.25) is 0 Å². The third-order valence-corrected chi connectivity index (χ3v) is 23.3. The van der Waals surface area contributed by atoms with Gasteiger partial charge in [0.2, 0.25) is 0 Å². The lowest BCUT2D eigenvalue weighted by molar-refractivity contribution is -0.0500. The SMILES string of the molecule is COc1ccc(Cn2c(=O)c(-c3nc4cc(N5C[C@@H](C)N(C)[C@@H](C)C5)ccc4n3S(=O)(=O)C(F)(F)F)c(C)c3sccc32)cc1.COc1ccc(Cn2c(=O)c(-c3nc4ccc(N5C[C@@H](C)N(C)[C@@H](C)C5)cc4n3S(=O)(=O)C(F)(F)F)c(OS(=O)(=O)C(F)(F)F)c3sccc32)cc1. The molecule has 0 radical (unpaired) electrons. The molecule has 6 aromatic heterocycles. The minimum absolute atomic E-state index is 0.0178. The van der Waals surface area contributed by atoms with E-state index in [-0.39, 0.29) is 72.8 Å². The van der Waals surface area contributed by atoms with E-state index in [9.17, 15) is 74.4 Å². The number of pyridine rings is 2. The molecule has 0 bridgehead atoms. The Morgan fingerprint density at radius 3 is 1.38 bits per heavy atom. The van der Waals surface area contributed by atoms with Gasteiger partial charge in [0.05, 0.1) is 75.4 Å². The van der Waals surface area contributed by atoms with E-state index >= 15 is 0 Å². The van der Waals surface area contributed by atoms with Crippen LogP contribution in [0.1, 0.15) is 44.4 Å². The van der Waals surface area contributed by atoms with E-state index in [1.54, 1.807) is 54.8 Å². The topological polar surface area (TPSA) is 223 Å². The summed E-state index contributed by atoms with van der Waals surface area (Å²) in [6.07, 6.45) is 0. The molecule has 8 heterocycles. The van der Waals surface area contributed by atoms with Crippen molar-refractivity contribution >= 4 is 107 Å². The van der Waals surface area contributed by atoms with Crippen LogP contribution in [-0.4, -0.2) is 157 Å². The molecule has 35 heteroatoms. The molecule has 0 amide bonds. The molecule has 97 heavy (non-hydrogen) atoms. The molecule has 4 atom stereocenters. The molecule has 10 aromatic rings. The average molecular weight is 1450 g/mol. The standard InChI is InChI=1S/C31H29F6N5O7S3.C31H32F3N5O4S2/c1-17-14-40(15-18(2)39(17)3)20-7-10-22-24(13-20)42(51(44,45)30(32,33)34)28(38-22)25-26(49-52(46,47)31(35,36)37)27-23(11-12-50-27)41(29(25)43)16-19-5-8-21(48-4)9-6-19;1-18-15-37(16-19(2)36(18)4)22-8-11-25-24(14-22)35-29(39(25)45(41,42)31(32,33)34)27-20(3)28-26(12-13-44-28)38(30(27)40)17-21-6-9-23(43-5)10-7-21/h5-13,17-18H,14-16H2,1-4H3;6-14,18-19H,15-17H2,1-5H3/t17-,18+;18-,19+. The molecule has 0 saturated carbocycles. The second-order valence-electron chi connectivity index (χ2n) is 23.6. The number of alkyl halides is 9. The quantitative estimate of drug-likeness (QED) is 0.0561. The maximum atomic E-state index is 14.5. The normalized spacial score (nSPS) is 18.1. The Bertz CT molecular complexity index is 5160. The highest BCUT2D eigenvalue weighted by atomic mass is 32.2. The average Bonchev–Trinajstić information content (AvgIpc) is 1.61. The van der Waals surface area contributed by atoms with E-state index in [0.717, 1.165) is 16.2 Å². The molecule has 2 aliphatic rings. The first-order chi connectivity index (χ1) is 45.4. The third kappa shape index (κ3) is 12.7. The van der Waals surface area contributed by atoms with Gasteiger partial charge in [-0.3, -0.25) is 19.4 Å². The predicted octanol–water partition coefficient (Wildman–Crippen LogP) is 11.3. The van der Waals surface area contributed by atoms with Crippen LogP contribution in [0.4, 0.5) is 50.9 Å². The number of halogens is 9. The molecule has 0 aliphatic carbocycles. The van der Waals surface area contributed by atoms with Crippen LogP contribution in [0, 0.1) is 6.92 Å². The fourth-order valence-electron chi connectivity index (χ4n) is 12.0. The van der Waals surface area contributed by atoms with Crippen molar-refractivity contribution in [2.75, 3.05) is 64.3 Å². The molecule has 2 saturated heterocycles. The van der Waals surface area contributed by atoms with Gasteiger partial charge in [-0.05, 0) is 149 Å². The van der Waals surface area contributed by atoms with Crippen LogP contribution >= 0.6 is 22.7 Å². The van der Waals surface area contributed by atoms with Gasteiger partial charge in [0.1, 0.15) is 17.1 Å². The third-order valence-electron chi connectivity index (χ3n) is 17.6. The number of aryl methyl sites for hydroxylation is 1. The Morgan fingerprint density at radius 2 is 0.918 bits per heavy atom. The van der Waals surface area contributed by atoms with Crippen molar-refractivity contribution in [1.29, 1.82) is 0 Å². The van der Waals surface area contributed by atoms with Crippen molar-refractivity contribution < 1.29 is 78.4 Å². The monoisotopic (exact) mass is 1450 g/mol. The number of rotatable bonds is 14. The Kier molecular flexibility index (Phi) is 18.5. The molecular formula is C62H61F9N10O11S5. The lowest BCUT2D eigenvalue weighted by Gasteiger charge is -2.43. The van der Waals surface area contributed by atoms with E-state index in [0.29, 0.717) is 81.7 Å². The molecule has 2 aliphatic heterocycles. The molecule has 0 N–H and O–H groups in total. The number of anilines is 2. The highest BCUT2D eigenvalue weighted by molar-refractivity contribution is 7.91. The Labute approximate surface area is 556 Å². The Balaban J connectivity index is 0.000000199. The smallest absolute Gasteiger partial charge is 0.497 e. The van der Waals surface area contributed by atoms with Gasteiger partial charge in [0.25, 0.3) is 11.1 Å². The van der Waals surface area contributed by atoms with Crippen molar-refractivity contribution in [3.63, 3.8) is 0 Å². The maximum Gasteiger partial charge on any atom is 0.534 e. The zero-order valence-corrected chi connectivity index (χ0v) is 56.9. The summed E-state index contributed by atoms with van der Waals surface area (Å²) in [6.45, 7) is 11.5. The zero-order chi connectivity index (χ0) is 70.6. The highest BCUT2D eigenvalue weighted by Crippen LogP contribution is 2.44.